The highest BCUT2D eigenvalue weighted by Crippen LogP contribution is 2.27. The molecule has 1 heterocycles. The zero-order valence-electron chi connectivity index (χ0n) is 14.2. The molecule has 7 heteroatoms. The predicted octanol–water partition coefficient (Wildman–Crippen LogP) is 1.84. The second kappa shape index (κ2) is 7.04. The first-order chi connectivity index (χ1) is 12.0. The molecule has 25 heavy (non-hydrogen) atoms. The third-order valence-electron chi connectivity index (χ3n) is 4.44. The van der Waals surface area contributed by atoms with Crippen LogP contribution in [0, 0.1) is 5.82 Å². The van der Waals surface area contributed by atoms with Gasteiger partial charge in [-0.2, -0.15) is 5.10 Å². The Balaban J connectivity index is 2.05. The second-order valence-electron chi connectivity index (χ2n) is 6.35. The van der Waals surface area contributed by atoms with Crippen LogP contribution in [-0.2, 0) is 17.6 Å². The van der Waals surface area contributed by atoms with Crippen molar-refractivity contribution in [2.75, 3.05) is 13.6 Å². The average Bonchev–Trinajstić information content (AvgIpc) is 2.76. The Hall–Kier alpha value is -2.70. The van der Waals surface area contributed by atoms with E-state index in [2.05, 4.69) is 5.10 Å². The lowest BCUT2D eigenvalue weighted by molar-refractivity contribution is -0.118. The molecular formula is C18H21FN4O2. The summed E-state index contributed by atoms with van der Waals surface area (Å²) in [6, 6.07) is 6.05. The molecule has 0 spiro atoms. The minimum atomic E-state index is -0.570. The normalized spacial score (nSPS) is 13.8. The molecule has 3 rings (SSSR count). The van der Waals surface area contributed by atoms with Crippen molar-refractivity contribution in [2.24, 2.45) is 5.73 Å². The number of nitrogens with zero attached hydrogens (tertiary/aromatic N) is 3. The van der Waals surface area contributed by atoms with E-state index in [4.69, 9.17) is 5.73 Å². The standard InChI is InChI=1S/C18H21FN4O2/c1-22(11-16(20)24)18(25)17-14-5-3-2-4-6-15(14)23(21-17)13-9-7-12(19)8-10-13/h7-10H,2-6,11H2,1H3,(H2,20,24). The molecule has 0 unspecified atom stereocenters. The molecule has 2 amide bonds. The lowest BCUT2D eigenvalue weighted by Gasteiger charge is -2.14. The molecule has 0 saturated carbocycles. The Morgan fingerprint density at radius 3 is 2.56 bits per heavy atom. The lowest BCUT2D eigenvalue weighted by atomic mass is 10.1. The topological polar surface area (TPSA) is 81.2 Å². The molecule has 0 fully saturated rings. The van der Waals surface area contributed by atoms with Crippen molar-refractivity contribution < 1.29 is 14.0 Å². The molecular weight excluding hydrogens is 323 g/mol. The summed E-state index contributed by atoms with van der Waals surface area (Å²) < 4.78 is 15.0. The molecule has 0 atom stereocenters. The number of aromatic nitrogens is 2. The third kappa shape index (κ3) is 3.55. The Labute approximate surface area is 145 Å². The molecule has 0 aliphatic heterocycles. The highest BCUT2D eigenvalue weighted by Gasteiger charge is 2.27. The maximum absolute atomic E-state index is 13.2. The fourth-order valence-corrected chi connectivity index (χ4v) is 3.23. The van der Waals surface area contributed by atoms with Gasteiger partial charge in [0.15, 0.2) is 5.69 Å². The van der Waals surface area contributed by atoms with E-state index in [1.54, 1.807) is 16.8 Å². The maximum Gasteiger partial charge on any atom is 0.274 e. The highest BCUT2D eigenvalue weighted by atomic mass is 19.1. The Morgan fingerprint density at radius 1 is 1.20 bits per heavy atom. The maximum atomic E-state index is 13.2. The smallest absolute Gasteiger partial charge is 0.274 e. The van der Waals surface area contributed by atoms with E-state index in [0.717, 1.165) is 49.0 Å². The SMILES string of the molecule is CN(CC(N)=O)C(=O)c1nn(-c2ccc(F)cc2)c2c1CCCCC2. The molecule has 0 bridgehead atoms. The molecule has 0 saturated heterocycles. The van der Waals surface area contributed by atoms with Crippen molar-refractivity contribution in [2.45, 2.75) is 32.1 Å². The first-order valence-corrected chi connectivity index (χ1v) is 8.38. The number of carbonyl (C=O) groups excluding carboxylic acids is 2. The molecule has 6 nitrogen and oxygen atoms in total. The first kappa shape index (κ1) is 17.1. The van der Waals surface area contributed by atoms with Crippen LogP contribution in [0.3, 0.4) is 0 Å². The van der Waals surface area contributed by atoms with Crippen LogP contribution < -0.4 is 5.73 Å². The van der Waals surface area contributed by atoms with Crippen molar-refractivity contribution in [3.05, 3.63) is 47.0 Å². The van der Waals surface area contributed by atoms with Gasteiger partial charge in [0, 0.05) is 18.3 Å². The van der Waals surface area contributed by atoms with Crippen LogP contribution in [0.25, 0.3) is 5.69 Å². The van der Waals surface area contributed by atoms with Gasteiger partial charge in [0.2, 0.25) is 5.91 Å². The number of benzene rings is 1. The summed E-state index contributed by atoms with van der Waals surface area (Å²) in [5, 5.41) is 4.51. The minimum absolute atomic E-state index is 0.156. The predicted molar refractivity (Wildman–Crippen MR) is 90.9 cm³/mol. The van der Waals surface area contributed by atoms with Gasteiger partial charge in [-0.25, -0.2) is 9.07 Å². The summed E-state index contributed by atoms with van der Waals surface area (Å²) in [6.45, 7) is -0.156. The summed E-state index contributed by atoms with van der Waals surface area (Å²) in [7, 11) is 1.53. The monoisotopic (exact) mass is 344 g/mol. The van der Waals surface area contributed by atoms with Crippen molar-refractivity contribution in [1.29, 1.82) is 0 Å². The number of hydrogen-bond donors (Lipinski definition) is 1. The molecule has 1 aliphatic rings. The van der Waals surface area contributed by atoms with Gasteiger partial charge >= 0.3 is 0 Å². The molecule has 1 aliphatic carbocycles. The Kier molecular flexibility index (Phi) is 4.83. The Morgan fingerprint density at radius 2 is 1.88 bits per heavy atom. The molecule has 0 radical (unpaired) electrons. The van der Waals surface area contributed by atoms with E-state index in [-0.39, 0.29) is 18.3 Å². The fraction of sp³-hybridized carbons (Fsp3) is 0.389. The number of amides is 2. The molecule has 2 aromatic rings. The number of halogens is 1. The van der Waals surface area contributed by atoms with Crippen LogP contribution in [0.1, 0.15) is 41.0 Å². The number of likely N-dealkylation sites (N-methyl/N-ethyl adjacent to an activating group) is 1. The summed E-state index contributed by atoms with van der Waals surface area (Å²) in [5.41, 5.74) is 8.16. The van der Waals surface area contributed by atoms with E-state index >= 15 is 0 Å². The van der Waals surface area contributed by atoms with E-state index in [1.165, 1.54) is 24.1 Å². The van der Waals surface area contributed by atoms with Gasteiger partial charge in [0.05, 0.1) is 12.2 Å². The van der Waals surface area contributed by atoms with Crippen LogP contribution in [-0.4, -0.2) is 40.1 Å². The van der Waals surface area contributed by atoms with Gasteiger partial charge in [-0.1, -0.05) is 6.42 Å². The molecule has 132 valence electrons. The largest absolute Gasteiger partial charge is 0.368 e. The van der Waals surface area contributed by atoms with Crippen LogP contribution >= 0.6 is 0 Å². The third-order valence-corrected chi connectivity index (χ3v) is 4.44. The van der Waals surface area contributed by atoms with Gasteiger partial charge in [-0.05, 0) is 49.9 Å². The Bertz CT molecular complexity index is 798. The number of carbonyl (C=O) groups is 2. The van der Waals surface area contributed by atoms with E-state index in [0.29, 0.717) is 5.69 Å². The summed E-state index contributed by atoms with van der Waals surface area (Å²) in [5.74, 6) is -1.21. The zero-order chi connectivity index (χ0) is 18.0. The minimum Gasteiger partial charge on any atom is -0.368 e. The van der Waals surface area contributed by atoms with Crippen molar-refractivity contribution >= 4 is 11.8 Å². The number of fused-ring (bicyclic) bond motifs is 1. The number of rotatable bonds is 4. The second-order valence-corrected chi connectivity index (χ2v) is 6.35. The van der Waals surface area contributed by atoms with Crippen LogP contribution in [0.2, 0.25) is 0 Å². The van der Waals surface area contributed by atoms with Gasteiger partial charge in [-0.15, -0.1) is 0 Å². The lowest BCUT2D eigenvalue weighted by Crippen LogP contribution is -2.36. The summed E-state index contributed by atoms with van der Waals surface area (Å²) >= 11 is 0. The van der Waals surface area contributed by atoms with Gasteiger partial charge in [0.1, 0.15) is 5.82 Å². The van der Waals surface area contributed by atoms with E-state index < -0.39 is 5.91 Å². The van der Waals surface area contributed by atoms with E-state index in [9.17, 15) is 14.0 Å². The zero-order valence-corrected chi connectivity index (χ0v) is 14.2. The van der Waals surface area contributed by atoms with Crippen molar-refractivity contribution in [3.8, 4) is 5.69 Å². The van der Waals surface area contributed by atoms with Crippen molar-refractivity contribution in [3.63, 3.8) is 0 Å². The average molecular weight is 344 g/mol. The van der Waals surface area contributed by atoms with Gasteiger partial charge < -0.3 is 10.6 Å². The van der Waals surface area contributed by atoms with Crippen LogP contribution in [0.15, 0.2) is 24.3 Å². The van der Waals surface area contributed by atoms with Crippen molar-refractivity contribution in [1.82, 2.24) is 14.7 Å². The quantitative estimate of drug-likeness (QED) is 0.859. The first-order valence-electron chi connectivity index (χ1n) is 8.38. The number of nitrogens with two attached hydrogens (primary N) is 1. The van der Waals surface area contributed by atoms with Crippen LogP contribution in [0.4, 0.5) is 4.39 Å². The fourth-order valence-electron chi connectivity index (χ4n) is 3.23. The molecule has 1 aromatic carbocycles. The summed E-state index contributed by atoms with van der Waals surface area (Å²) in [4.78, 5) is 25.1. The highest BCUT2D eigenvalue weighted by molar-refractivity contribution is 5.96. The number of primary amides is 1. The number of hydrogen-bond acceptors (Lipinski definition) is 3. The van der Waals surface area contributed by atoms with Crippen LogP contribution in [0.5, 0.6) is 0 Å². The molecule has 2 N–H and O–H groups in total. The van der Waals surface area contributed by atoms with Gasteiger partial charge in [-0.3, -0.25) is 9.59 Å². The van der Waals surface area contributed by atoms with Gasteiger partial charge in [0.25, 0.3) is 5.91 Å². The summed E-state index contributed by atoms with van der Waals surface area (Å²) in [6.07, 6.45) is 4.67. The molecule has 1 aromatic heterocycles. The van der Waals surface area contributed by atoms with E-state index in [1.807, 2.05) is 0 Å².